The first-order chi connectivity index (χ1) is 10.5. The van der Waals surface area contributed by atoms with Gasteiger partial charge < -0.3 is 33.8 Å². The normalized spacial score (nSPS) is 13.5. The van der Waals surface area contributed by atoms with Gasteiger partial charge in [-0.3, -0.25) is 9.13 Å². The zero-order chi connectivity index (χ0) is 17.5. The van der Waals surface area contributed by atoms with Crippen molar-refractivity contribution in [3.63, 3.8) is 0 Å². The Labute approximate surface area is 143 Å². The molecule has 0 aliphatic rings. The number of rotatable bonds is 6. The van der Waals surface area contributed by atoms with E-state index in [1.807, 2.05) is 22.6 Å². The maximum Gasteiger partial charge on any atom is 0.369 e. The lowest BCUT2D eigenvalue weighted by Crippen LogP contribution is -2.31. The highest BCUT2D eigenvalue weighted by Crippen LogP contribution is 2.68. The molecule has 5 N–H and O–H groups in total. The van der Waals surface area contributed by atoms with Crippen LogP contribution in [0.1, 0.15) is 5.69 Å². The number of alkyl halides is 1. The number of ether oxygens (including phenoxy) is 1. The number of aliphatic hydroxyl groups is 1. The van der Waals surface area contributed by atoms with Crippen LogP contribution in [-0.4, -0.2) is 43.8 Å². The number of hydrogen-bond acceptors (Lipinski definition) is 5. The van der Waals surface area contributed by atoms with Crippen LogP contribution in [0.15, 0.2) is 24.5 Å². The zero-order valence-electron chi connectivity index (χ0n) is 11.4. The number of hydrogen-bond donors (Lipinski definition) is 5. The van der Waals surface area contributed by atoms with E-state index < -0.39 is 26.7 Å². The lowest BCUT2D eigenvalue weighted by atomic mass is 10.3. The highest BCUT2D eigenvalue weighted by atomic mass is 127. The number of imidazole rings is 1. The van der Waals surface area contributed by atoms with Gasteiger partial charge in [0.2, 0.25) is 0 Å². The highest BCUT2D eigenvalue weighted by molar-refractivity contribution is 14.1. The van der Waals surface area contributed by atoms with E-state index in [4.69, 9.17) is 4.74 Å². The van der Waals surface area contributed by atoms with Crippen LogP contribution in [0.4, 0.5) is 0 Å². The molecule has 2 aromatic heterocycles. The quantitative estimate of drug-likeness (QED) is 0.228. The Bertz CT molecular complexity index is 790. The molecule has 0 unspecified atom stereocenters. The predicted octanol–water partition coefficient (Wildman–Crippen LogP) is 0.650. The second-order valence-electron chi connectivity index (χ2n) is 4.63. The fraction of sp³-hybridized carbons (Fsp3) is 0.300. The predicted molar refractivity (Wildman–Crippen MR) is 87.4 cm³/mol. The van der Waals surface area contributed by atoms with Crippen LogP contribution in [0.3, 0.4) is 0 Å². The van der Waals surface area contributed by atoms with Gasteiger partial charge in [0.15, 0.2) is 0 Å². The van der Waals surface area contributed by atoms with Gasteiger partial charge in [-0.1, -0.05) is 0 Å². The van der Waals surface area contributed by atoms with Crippen LogP contribution in [0, 0.1) is 0 Å². The van der Waals surface area contributed by atoms with Crippen molar-refractivity contribution in [2.45, 2.75) is 11.5 Å². The van der Waals surface area contributed by atoms with E-state index in [2.05, 4.69) is 4.98 Å². The lowest BCUT2D eigenvalue weighted by Gasteiger charge is -2.28. The Kier molecular flexibility index (Phi) is 5.25. The van der Waals surface area contributed by atoms with Crippen molar-refractivity contribution in [3.8, 4) is 5.75 Å². The Morgan fingerprint density at radius 2 is 1.87 bits per heavy atom. The summed E-state index contributed by atoms with van der Waals surface area (Å²) in [5, 5.41) is 6.44. The first-order valence-corrected chi connectivity index (χ1v) is 10.7. The first-order valence-electron chi connectivity index (χ1n) is 5.98. The summed E-state index contributed by atoms with van der Waals surface area (Å²) >= 11 is 2.00. The summed E-state index contributed by atoms with van der Waals surface area (Å²) in [5.41, 5.74) is 0.358. The molecule has 2 heterocycles. The van der Waals surface area contributed by atoms with Crippen molar-refractivity contribution in [3.05, 3.63) is 30.2 Å². The van der Waals surface area contributed by atoms with E-state index in [0.717, 1.165) is 0 Å². The molecule has 0 atom stereocenters. The average Bonchev–Trinajstić information content (AvgIpc) is 2.79. The van der Waals surface area contributed by atoms with E-state index in [1.165, 1.54) is 22.9 Å². The summed E-state index contributed by atoms with van der Waals surface area (Å²) in [7, 11) is -11.0. The van der Waals surface area contributed by atoms with E-state index in [-0.39, 0.29) is 5.69 Å². The van der Waals surface area contributed by atoms with Crippen molar-refractivity contribution in [1.82, 2.24) is 9.38 Å². The summed E-state index contributed by atoms with van der Waals surface area (Å²) in [6, 6.07) is 3.08. The summed E-state index contributed by atoms with van der Waals surface area (Å²) in [6.45, 7) is 0. The highest BCUT2D eigenvalue weighted by Gasteiger charge is 2.59. The minimum atomic E-state index is -5.52. The van der Waals surface area contributed by atoms with Gasteiger partial charge >= 0.3 is 15.2 Å². The molecule has 2 aromatic rings. The van der Waals surface area contributed by atoms with E-state index in [9.17, 15) is 33.8 Å². The van der Waals surface area contributed by atoms with Crippen LogP contribution < -0.4 is 4.74 Å². The van der Waals surface area contributed by atoms with Gasteiger partial charge in [0, 0.05) is 30.6 Å². The molecule has 128 valence electrons. The molecule has 23 heavy (non-hydrogen) atoms. The average molecular weight is 478 g/mol. The maximum atomic E-state index is 11.4. The molecule has 0 fully saturated rings. The van der Waals surface area contributed by atoms with Gasteiger partial charge in [0.05, 0.1) is 0 Å². The molecule has 0 spiro atoms. The second kappa shape index (κ2) is 6.41. The Balaban J connectivity index is 2.48. The standard InChI is InChI=1S/C10H13IN2O8P2/c11-6-21-8-1-2-13-7(5-12-9(13)3-8)4-10(14,22(15,16)17)23(18,19)20/h1-3,5,14H,4,6H2,(H2,15,16,17)(H2,18,19,20). The third-order valence-electron chi connectivity index (χ3n) is 3.13. The fourth-order valence-corrected chi connectivity index (χ4v) is 4.37. The summed E-state index contributed by atoms with van der Waals surface area (Å²) in [6.07, 6.45) is 1.65. The molecule has 0 amide bonds. The largest absolute Gasteiger partial charge is 0.483 e. The van der Waals surface area contributed by atoms with Gasteiger partial charge in [-0.2, -0.15) is 0 Å². The molecule has 0 aliphatic heterocycles. The molecule has 0 aromatic carbocycles. The summed E-state index contributed by atoms with van der Waals surface area (Å²) in [4.78, 5) is 40.7. The van der Waals surface area contributed by atoms with E-state index in [0.29, 0.717) is 16.0 Å². The first kappa shape index (κ1) is 18.8. The third-order valence-corrected chi connectivity index (χ3v) is 7.19. The van der Waals surface area contributed by atoms with Gasteiger partial charge in [0.25, 0.3) is 5.08 Å². The molecule has 0 saturated heterocycles. The number of pyridine rings is 1. The van der Waals surface area contributed by atoms with Gasteiger partial charge in [-0.05, 0) is 28.7 Å². The number of aromatic nitrogens is 2. The van der Waals surface area contributed by atoms with E-state index >= 15 is 0 Å². The van der Waals surface area contributed by atoms with Crippen molar-refractivity contribution in [2.75, 3.05) is 4.61 Å². The van der Waals surface area contributed by atoms with E-state index in [1.54, 1.807) is 6.07 Å². The molecule has 0 bridgehead atoms. The molecule has 0 radical (unpaired) electrons. The van der Waals surface area contributed by atoms with Crippen LogP contribution in [0.2, 0.25) is 0 Å². The smallest absolute Gasteiger partial charge is 0.369 e. The topological polar surface area (TPSA) is 162 Å². The van der Waals surface area contributed by atoms with Crippen molar-refractivity contribution < 1.29 is 38.5 Å². The number of nitrogens with zero attached hydrogens (tertiary/aromatic N) is 2. The van der Waals surface area contributed by atoms with Gasteiger partial charge in [-0.25, -0.2) is 4.98 Å². The van der Waals surface area contributed by atoms with Crippen molar-refractivity contribution in [2.24, 2.45) is 0 Å². The fourth-order valence-electron chi connectivity index (χ4n) is 1.92. The molecule has 2 rings (SSSR count). The Morgan fingerprint density at radius 3 is 2.39 bits per heavy atom. The van der Waals surface area contributed by atoms with Crippen LogP contribution in [-0.2, 0) is 15.6 Å². The molecule has 13 heteroatoms. The second-order valence-corrected chi connectivity index (χ2v) is 9.26. The summed E-state index contributed by atoms with van der Waals surface area (Å²) in [5.74, 6) is 0.504. The van der Waals surface area contributed by atoms with Crippen molar-refractivity contribution >= 4 is 43.4 Å². The molecule has 0 aliphatic carbocycles. The molecule has 10 nitrogen and oxygen atoms in total. The minimum absolute atomic E-state index is 0.0233. The van der Waals surface area contributed by atoms with Crippen LogP contribution in [0.5, 0.6) is 5.75 Å². The minimum Gasteiger partial charge on any atom is -0.483 e. The Morgan fingerprint density at radius 1 is 1.26 bits per heavy atom. The SMILES string of the molecule is O=P(O)(O)C(O)(Cc1cnc2cc(OCI)ccn12)P(=O)(O)O. The van der Waals surface area contributed by atoms with Crippen LogP contribution >= 0.6 is 37.8 Å². The molecule has 0 saturated carbocycles. The summed E-state index contributed by atoms with van der Waals surface area (Å²) < 4.78 is 29.8. The van der Waals surface area contributed by atoms with Crippen LogP contribution in [0.25, 0.3) is 5.65 Å². The zero-order valence-corrected chi connectivity index (χ0v) is 15.3. The molecular weight excluding hydrogens is 465 g/mol. The van der Waals surface area contributed by atoms with Gasteiger partial charge in [0.1, 0.15) is 16.0 Å². The third kappa shape index (κ3) is 3.62. The number of halogens is 1. The Hall–Kier alpha value is -0.520. The van der Waals surface area contributed by atoms with Crippen molar-refractivity contribution in [1.29, 1.82) is 0 Å². The monoisotopic (exact) mass is 478 g/mol. The number of fused-ring (bicyclic) bond motifs is 1. The lowest BCUT2D eigenvalue weighted by molar-refractivity contribution is 0.130. The van der Waals surface area contributed by atoms with Gasteiger partial charge in [-0.15, -0.1) is 0 Å². The molecular formula is C10H13IN2O8P2. The maximum absolute atomic E-state index is 11.4.